The summed E-state index contributed by atoms with van der Waals surface area (Å²) in [5, 5.41) is 10.1. The second-order valence-corrected chi connectivity index (χ2v) is 5.36. The fourth-order valence-electron chi connectivity index (χ4n) is 1.94. The standard InChI is InChI=1S/C15H15BrFNO2/c1-20-15-5-2-10(9-18-15)6-13(19)7-11-3-4-12(17)8-14(11)16/h2-5,8-9,13,19H,6-7H2,1H3. The first-order valence-electron chi connectivity index (χ1n) is 6.19. The summed E-state index contributed by atoms with van der Waals surface area (Å²) in [4.78, 5) is 4.09. The minimum absolute atomic E-state index is 0.297. The van der Waals surface area contributed by atoms with E-state index in [1.807, 2.05) is 6.07 Å². The molecule has 1 aromatic carbocycles. The molecule has 1 unspecified atom stereocenters. The SMILES string of the molecule is COc1ccc(CC(O)Cc2ccc(F)cc2Br)cn1. The van der Waals surface area contributed by atoms with Crippen molar-refractivity contribution in [3.63, 3.8) is 0 Å². The lowest BCUT2D eigenvalue weighted by atomic mass is 10.0. The van der Waals surface area contributed by atoms with Crippen LogP contribution in [0, 0.1) is 5.82 Å². The van der Waals surface area contributed by atoms with E-state index in [-0.39, 0.29) is 5.82 Å². The molecule has 1 atom stereocenters. The van der Waals surface area contributed by atoms with Gasteiger partial charge in [-0.05, 0) is 29.7 Å². The first-order chi connectivity index (χ1) is 9.58. The number of aliphatic hydroxyl groups is 1. The number of aliphatic hydroxyl groups excluding tert-OH is 1. The quantitative estimate of drug-likeness (QED) is 0.909. The maximum absolute atomic E-state index is 13.0. The number of aromatic nitrogens is 1. The van der Waals surface area contributed by atoms with Gasteiger partial charge in [-0.3, -0.25) is 0 Å². The van der Waals surface area contributed by atoms with Crippen LogP contribution < -0.4 is 4.74 Å². The largest absolute Gasteiger partial charge is 0.481 e. The van der Waals surface area contributed by atoms with E-state index in [2.05, 4.69) is 20.9 Å². The molecule has 0 spiro atoms. The smallest absolute Gasteiger partial charge is 0.212 e. The van der Waals surface area contributed by atoms with Gasteiger partial charge in [0, 0.05) is 23.2 Å². The van der Waals surface area contributed by atoms with E-state index in [0.717, 1.165) is 11.1 Å². The van der Waals surface area contributed by atoms with Crippen LogP contribution >= 0.6 is 15.9 Å². The molecule has 0 saturated carbocycles. The third-order valence-corrected chi connectivity index (χ3v) is 3.69. The highest BCUT2D eigenvalue weighted by Gasteiger charge is 2.10. The lowest BCUT2D eigenvalue weighted by Crippen LogP contribution is -2.14. The zero-order valence-electron chi connectivity index (χ0n) is 11.0. The fraction of sp³-hybridized carbons (Fsp3) is 0.267. The van der Waals surface area contributed by atoms with Crippen molar-refractivity contribution >= 4 is 15.9 Å². The lowest BCUT2D eigenvalue weighted by Gasteiger charge is -2.12. The molecule has 20 heavy (non-hydrogen) atoms. The molecular formula is C15H15BrFNO2. The molecule has 0 bridgehead atoms. The zero-order chi connectivity index (χ0) is 14.5. The van der Waals surface area contributed by atoms with Crippen LogP contribution in [0.3, 0.4) is 0 Å². The molecule has 2 aromatic rings. The average molecular weight is 340 g/mol. The monoisotopic (exact) mass is 339 g/mol. The van der Waals surface area contributed by atoms with Crippen molar-refractivity contribution in [3.8, 4) is 5.88 Å². The van der Waals surface area contributed by atoms with Crippen LogP contribution in [0.5, 0.6) is 5.88 Å². The van der Waals surface area contributed by atoms with E-state index in [1.54, 1.807) is 25.4 Å². The molecule has 106 valence electrons. The molecule has 5 heteroatoms. The van der Waals surface area contributed by atoms with Crippen molar-refractivity contribution in [2.24, 2.45) is 0 Å². The average Bonchev–Trinajstić information content (AvgIpc) is 2.43. The van der Waals surface area contributed by atoms with Crippen LogP contribution in [-0.4, -0.2) is 23.3 Å². The van der Waals surface area contributed by atoms with Crippen molar-refractivity contribution in [3.05, 3.63) is 57.9 Å². The van der Waals surface area contributed by atoms with Gasteiger partial charge < -0.3 is 9.84 Å². The van der Waals surface area contributed by atoms with Crippen LogP contribution in [0.1, 0.15) is 11.1 Å². The van der Waals surface area contributed by atoms with E-state index >= 15 is 0 Å². The number of pyridine rings is 1. The predicted molar refractivity (Wildman–Crippen MR) is 78.3 cm³/mol. The summed E-state index contributed by atoms with van der Waals surface area (Å²) in [6.45, 7) is 0. The van der Waals surface area contributed by atoms with Crippen molar-refractivity contribution in [1.29, 1.82) is 0 Å². The van der Waals surface area contributed by atoms with Gasteiger partial charge in [-0.15, -0.1) is 0 Å². The molecule has 1 heterocycles. The zero-order valence-corrected chi connectivity index (χ0v) is 12.6. The number of halogens is 2. The Kier molecular flexibility index (Phi) is 5.09. The van der Waals surface area contributed by atoms with Gasteiger partial charge in [0.1, 0.15) is 5.82 Å². The molecule has 0 aliphatic carbocycles. The Balaban J connectivity index is 1.99. The highest BCUT2D eigenvalue weighted by molar-refractivity contribution is 9.10. The molecule has 0 fully saturated rings. The Hall–Kier alpha value is -1.46. The first kappa shape index (κ1) is 14.9. The van der Waals surface area contributed by atoms with Gasteiger partial charge in [-0.1, -0.05) is 28.1 Å². The van der Waals surface area contributed by atoms with Crippen molar-refractivity contribution < 1.29 is 14.2 Å². The molecule has 1 N–H and O–H groups in total. The number of hydrogen-bond donors (Lipinski definition) is 1. The molecule has 0 amide bonds. The minimum atomic E-state index is -0.549. The van der Waals surface area contributed by atoms with Gasteiger partial charge in [0.2, 0.25) is 5.88 Å². The summed E-state index contributed by atoms with van der Waals surface area (Å²) in [5.41, 5.74) is 1.80. The predicted octanol–water partition coefficient (Wildman–Crippen LogP) is 3.14. The number of ether oxygens (including phenoxy) is 1. The van der Waals surface area contributed by atoms with Gasteiger partial charge in [0.15, 0.2) is 0 Å². The summed E-state index contributed by atoms with van der Waals surface area (Å²) in [5.74, 6) is 0.249. The highest BCUT2D eigenvalue weighted by Crippen LogP contribution is 2.20. The van der Waals surface area contributed by atoms with Crippen LogP contribution in [0.15, 0.2) is 41.0 Å². The topological polar surface area (TPSA) is 42.4 Å². The summed E-state index contributed by atoms with van der Waals surface area (Å²) in [6.07, 6.45) is 2.07. The van der Waals surface area contributed by atoms with E-state index in [1.165, 1.54) is 12.1 Å². The second-order valence-electron chi connectivity index (χ2n) is 4.51. The minimum Gasteiger partial charge on any atom is -0.481 e. The third-order valence-electron chi connectivity index (χ3n) is 2.95. The van der Waals surface area contributed by atoms with Crippen LogP contribution in [-0.2, 0) is 12.8 Å². The lowest BCUT2D eigenvalue weighted by molar-refractivity contribution is 0.175. The van der Waals surface area contributed by atoms with E-state index in [4.69, 9.17) is 4.74 Å². The highest BCUT2D eigenvalue weighted by atomic mass is 79.9. The Bertz CT molecular complexity index is 575. The fourth-order valence-corrected chi connectivity index (χ4v) is 2.45. The number of benzene rings is 1. The summed E-state index contributed by atoms with van der Waals surface area (Å²) < 4.78 is 18.6. The van der Waals surface area contributed by atoms with Gasteiger partial charge in [-0.25, -0.2) is 9.37 Å². The Morgan fingerprint density at radius 1 is 1.30 bits per heavy atom. The van der Waals surface area contributed by atoms with Gasteiger partial charge >= 0.3 is 0 Å². The normalized spacial score (nSPS) is 12.2. The van der Waals surface area contributed by atoms with Crippen molar-refractivity contribution in [2.45, 2.75) is 18.9 Å². The van der Waals surface area contributed by atoms with Crippen molar-refractivity contribution in [2.75, 3.05) is 7.11 Å². The molecule has 0 radical (unpaired) electrons. The maximum atomic E-state index is 13.0. The Labute approximate surface area is 125 Å². The van der Waals surface area contributed by atoms with Gasteiger partial charge in [0.05, 0.1) is 13.2 Å². The molecular weight excluding hydrogens is 325 g/mol. The van der Waals surface area contributed by atoms with E-state index in [9.17, 15) is 9.50 Å². The number of methoxy groups -OCH3 is 1. The summed E-state index contributed by atoms with van der Waals surface area (Å²) in [6, 6.07) is 8.10. The first-order valence-corrected chi connectivity index (χ1v) is 6.98. The molecule has 2 rings (SSSR count). The van der Waals surface area contributed by atoms with E-state index < -0.39 is 6.10 Å². The molecule has 3 nitrogen and oxygen atoms in total. The van der Waals surface area contributed by atoms with Gasteiger partial charge in [-0.2, -0.15) is 0 Å². The third kappa shape index (κ3) is 4.02. The maximum Gasteiger partial charge on any atom is 0.212 e. The van der Waals surface area contributed by atoms with Gasteiger partial charge in [0.25, 0.3) is 0 Å². The Morgan fingerprint density at radius 3 is 2.70 bits per heavy atom. The second kappa shape index (κ2) is 6.81. The molecule has 0 aliphatic heterocycles. The summed E-state index contributed by atoms with van der Waals surface area (Å²) in [7, 11) is 1.56. The summed E-state index contributed by atoms with van der Waals surface area (Å²) >= 11 is 3.30. The number of nitrogens with zero attached hydrogens (tertiary/aromatic N) is 1. The molecule has 1 aromatic heterocycles. The Morgan fingerprint density at radius 2 is 2.10 bits per heavy atom. The van der Waals surface area contributed by atoms with Crippen LogP contribution in [0.25, 0.3) is 0 Å². The van der Waals surface area contributed by atoms with Crippen molar-refractivity contribution in [1.82, 2.24) is 4.98 Å². The number of hydrogen-bond acceptors (Lipinski definition) is 3. The molecule has 0 aliphatic rings. The molecule has 0 saturated heterocycles. The van der Waals surface area contributed by atoms with E-state index in [0.29, 0.717) is 23.2 Å². The van der Waals surface area contributed by atoms with Crippen LogP contribution in [0.2, 0.25) is 0 Å². The number of rotatable bonds is 5. The van der Waals surface area contributed by atoms with Crippen LogP contribution in [0.4, 0.5) is 4.39 Å².